The monoisotopic (exact) mass is 609 g/mol. The van der Waals surface area contributed by atoms with E-state index in [0.29, 0.717) is 0 Å². The number of para-hydroxylation sites is 2. The van der Waals surface area contributed by atoms with Gasteiger partial charge in [-0.2, -0.15) is 0 Å². The number of rotatable bonds is 2. The lowest BCUT2D eigenvalue weighted by atomic mass is 9.80. The van der Waals surface area contributed by atoms with Crippen LogP contribution in [0, 0.1) is 0 Å². The lowest BCUT2D eigenvalue weighted by molar-refractivity contribution is 0.592. The Hall–Kier alpha value is -5.28. The van der Waals surface area contributed by atoms with Crippen molar-refractivity contribution in [2.45, 2.75) is 52.4 Å². The summed E-state index contributed by atoms with van der Waals surface area (Å²) in [5.74, 6) is 0. The van der Waals surface area contributed by atoms with Gasteiger partial charge in [0.15, 0.2) is 0 Å². The predicted molar refractivity (Wildman–Crippen MR) is 203 cm³/mol. The maximum Gasteiger partial charge on any atom is 0.0547 e. The van der Waals surface area contributed by atoms with E-state index in [0.717, 1.165) is 11.0 Å². The molecule has 0 spiro atoms. The Balaban J connectivity index is 1.32. The number of nitrogens with one attached hydrogen (secondary N) is 3. The molecule has 230 valence electrons. The number of hydrogen-bond donors (Lipinski definition) is 3. The second kappa shape index (κ2) is 9.62. The Kier molecular flexibility index (Phi) is 5.73. The highest BCUT2D eigenvalue weighted by molar-refractivity contribution is 6.16. The van der Waals surface area contributed by atoms with Crippen molar-refractivity contribution in [1.29, 1.82) is 0 Å². The third-order valence-corrected chi connectivity index (χ3v) is 10.2. The first-order chi connectivity index (χ1) is 22.6. The quantitative estimate of drug-likeness (QED) is 0.175. The summed E-state index contributed by atoms with van der Waals surface area (Å²) in [4.78, 5) is 11.3. The first-order valence-corrected chi connectivity index (χ1v) is 16.7. The minimum atomic E-state index is -0.0230. The molecule has 47 heavy (non-hydrogen) atoms. The molecule has 0 unspecified atom stereocenters. The molecule has 3 nitrogen and oxygen atoms in total. The van der Waals surface area contributed by atoms with Gasteiger partial charge >= 0.3 is 0 Å². The Morgan fingerprint density at radius 3 is 1.19 bits per heavy atom. The Morgan fingerprint density at radius 2 is 0.766 bits per heavy atom. The first kappa shape index (κ1) is 28.0. The highest BCUT2D eigenvalue weighted by Crippen LogP contribution is 2.44. The summed E-state index contributed by atoms with van der Waals surface area (Å²) in [6.45, 7) is 13.9. The number of fused-ring (bicyclic) bond motifs is 9. The number of benzene rings is 6. The van der Waals surface area contributed by atoms with E-state index in [2.05, 4.69) is 166 Å². The number of hydrogen-bond acceptors (Lipinski definition) is 0. The van der Waals surface area contributed by atoms with Crippen LogP contribution in [-0.4, -0.2) is 15.0 Å². The fraction of sp³-hybridized carbons (Fsp3) is 0.182. The molecule has 0 aliphatic rings. The zero-order valence-electron chi connectivity index (χ0n) is 27.9. The summed E-state index contributed by atoms with van der Waals surface area (Å²) >= 11 is 0. The zero-order valence-corrected chi connectivity index (χ0v) is 27.9. The molecule has 0 atom stereocenters. The molecule has 9 rings (SSSR count). The minimum Gasteiger partial charge on any atom is -0.355 e. The van der Waals surface area contributed by atoms with Crippen molar-refractivity contribution in [2.24, 2.45) is 0 Å². The molecule has 0 amide bonds. The summed E-state index contributed by atoms with van der Waals surface area (Å²) in [6, 6.07) is 40.5. The molecule has 0 aliphatic heterocycles. The standard InChI is InChI=1S/C44H39N3/c1-43(2,3)33-19-17-29-27-11-7-9-13-35(27)46-41(29)39(33)25-15-21-37-31(23-25)32-24-26(16-22-38(32)45-37)40-34(44(4,5)6)20-18-30-28-12-8-10-14-36(28)47-42(30)40/h7-24,45-47H,1-6H3. The van der Waals surface area contributed by atoms with Crippen molar-refractivity contribution >= 4 is 65.4 Å². The van der Waals surface area contributed by atoms with Crippen molar-refractivity contribution < 1.29 is 0 Å². The molecule has 0 saturated heterocycles. The van der Waals surface area contributed by atoms with E-state index < -0.39 is 0 Å². The van der Waals surface area contributed by atoms with Crippen molar-refractivity contribution in [3.63, 3.8) is 0 Å². The van der Waals surface area contributed by atoms with Crippen LogP contribution in [0.4, 0.5) is 0 Å². The normalized spacial score (nSPS) is 12.9. The molecule has 0 saturated carbocycles. The van der Waals surface area contributed by atoms with Gasteiger partial charge in [0, 0.05) is 65.5 Å². The molecule has 0 aliphatic carbocycles. The molecular formula is C44H39N3. The molecule has 3 heteroatoms. The predicted octanol–water partition coefficient (Wildman–Crippen LogP) is 12.5. The molecule has 3 heterocycles. The van der Waals surface area contributed by atoms with Gasteiger partial charge < -0.3 is 15.0 Å². The van der Waals surface area contributed by atoms with Gasteiger partial charge in [0.2, 0.25) is 0 Å². The summed E-state index contributed by atoms with van der Waals surface area (Å²) in [5, 5.41) is 7.56. The van der Waals surface area contributed by atoms with Gasteiger partial charge in [-0.3, -0.25) is 0 Å². The molecule has 9 aromatic rings. The topological polar surface area (TPSA) is 47.4 Å². The van der Waals surface area contributed by atoms with Crippen molar-refractivity contribution in [2.75, 3.05) is 0 Å². The maximum atomic E-state index is 3.80. The maximum absolute atomic E-state index is 3.80. The SMILES string of the molecule is CC(C)(C)c1ccc2c([nH]c3ccccc32)c1-c1ccc2[nH]c3ccc(-c4c(C(C)(C)C)ccc5c4[nH]c4ccccc45)cc3c2c1. The van der Waals surface area contributed by atoms with Crippen LogP contribution in [0.2, 0.25) is 0 Å². The van der Waals surface area contributed by atoms with E-state index in [9.17, 15) is 0 Å². The number of H-pyrrole nitrogens is 3. The van der Waals surface area contributed by atoms with Gasteiger partial charge in [0.25, 0.3) is 0 Å². The van der Waals surface area contributed by atoms with Gasteiger partial charge in [-0.25, -0.2) is 0 Å². The second-order valence-electron chi connectivity index (χ2n) is 15.3. The van der Waals surface area contributed by atoms with Crippen LogP contribution >= 0.6 is 0 Å². The second-order valence-corrected chi connectivity index (χ2v) is 15.3. The summed E-state index contributed by atoms with van der Waals surface area (Å²) in [7, 11) is 0. The molecule has 0 fully saturated rings. The van der Waals surface area contributed by atoms with Gasteiger partial charge in [0.05, 0.1) is 11.0 Å². The summed E-state index contributed by atoms with van der Waals surface area (Å²) < 4.78 is 0. The summed E-state index contributed by atoms with van der Waals surface area (Å²) in [5.41, 5.74) is 14.8. The Labute approximate surface area is 274 Å². The first-order valence-electron chi connectivity index (χ1n) is 16.7. The van der Waals surface area contributed by atoms with Crippen LogP contribution in [0.3, 0.4) is 0 Å². The average Bonchev–Trinajstić information content (AvgIpc) is 3.73. The highest BCUT2D eigenvalue weighted by Gasteiger charge is 2.25. The number of aromatic amines is 3. The smallest absolute Gasteiger partial charge is 0.0547 e. The van der Waals surface area contributed by atoms with Crippen LogP contribution < -0.4 is 0 Å². The van der Waals surface area contributed by atoms with Crippen LogP contribution in [0.15, 0.2) is 109 Å². The van der Waals surface area contributed by atoms with Gasteiger partial charge in [-0.05, 0) is 69.5 Å². The molecule has 0 bridgehead atoms. The van der Waals surface area contributed by atoms with E-state index in [-0.39, 0.29) is 10.8 Å². The van der Waals surface area contributed by atoms with Crippen LogP contribution in [0.5, 0.6) is 0 Å². The van der Waals surface area contributed by atoms with E-state index in [1.165, 1.54) is 87.8 Å². The van der Waals surface area contributed by atoms with E-state index in [4.69, 9.17) is 0 Å². The Morgan fingerprint density at radius 1 is 0.362 bits per heavy atom. The van der Waals surface area contributed by atoms with E-state index >= 15 is 0 Å². The van der Waals surface area contributed by atoms with Crippen LogP contribution in [-0.2, 0) is 10.8 Å². The zero-order chi connectivity index (χ0) is 32.2. The van der Waals surface area contributed by atoms with E-state index in [1.54, 1.807) is 0 Å². The molecular weight excluding hydrogens is 571 g/mol. The molecule has 3 aromatic heterocycles. The van der Waals surface area contributed by atoms with E-state index in [1.807, 2.05) is 0 Å². The Bertz CT molecular complexity index is 2510. The molecule has 0 radical (unpaired) electrons. The number of aromatic nitrogens is 3. The lowest BCUT2D eigenvalue weighted by Gasteiger charge is -2.24. The van der Waals surface area contributed by atoms with Crippen molar-refractivity contribution in [1.82, 2.24) is 15.0 Å². The lowest BCUT2D eigenvalue weighted by Crippen LogP contribution is -2.13. The largest absolute Gasteiger partial charge is 0.355 e. The van der Waals surface area contributed by atoms with Crippen molar-refractivity contribution in [3.8, 4) is 22.3 Å². The highest BCUT2D eigenvalue weighted by atomic mass is 14.7. The van der Waals surface area contributed by atoms with Gasteiger partial charge in [-0.1, -0.05) is 114 Å². The molecule has 6 aromatic carbocycles. The molecule has 3 N–H and O–H groups in total. The third kappa shape index (κ3) is 4.19. The fourth-order valence-electron chi connectivity index (χ4n) is 7.90. The fourth-order valence-corrected chi connectivity index (χ4v) is 7.90. The van der Waals surface area contributed by atoms with Gasteiger partial charge in [0.1, 0.15) is 0 Å². The van der Waals surface area contributed by atoms with Crippen LogP contribution in [0.1, 0.15) is 52.7 Å². The van der Waals surface area contributed by atoms with Crippen molar-refractivity contribution in [3.05, 3.63) is 120 Å². The van der Waals surface area contributed by atoms with Gasteiger partial charge in [-0.15, -0.1) is 0 Å². The average molecular weight is 610 g/mol. The third-order valence-electron chi connectivity index (χ3n) is 10.2. The minimum absolute atomic E-state index is 0.0230. The van der Waals surface area contributed by atoms with Crippen LogP contribution in [0.25, 0.3) is 87.7 Å². The summed E-state index contributed by atoms with van der Waals surface area (Å²) in [6.07, 6.45) is 0.